The molecular weight excluding hydrogens is 260 g/mol. The smallest absolute Gasteiger partial charge is 0.108 e. The molecule has 4 heteroatoms. The second-order valence-electron chi connectivity index (χ2n) is 7.58. The molecule has 3 unspecified atom stereocenters. The van der Waals surface area contributed by atoms with Crippen molar-refractivity contribution in [3.63, 3.8) is 0 Å². The topological polar surface area (TPSA) is 42.3 Å². The SMILES string of the molecule is CN1CCCC1CN(C)C1CCCC(C#N)(NC2CC2)C1. The molecule has 0 bridgehead atoms. The molecule has 0 amide bonds. The summed E-state index contributed by atoms with van der Waals surface area (Å²) in [6.45, 7) is 2.40. The third kappa shape index (κ3) is 3.59. The van der Waals surface area contributed by atoms with E-state index in [1.54, 1.807) is 0 Å². The van der Waals surface area contributed by atoms with E-state index < -0.39 is 0 Å². The molecule has 118 valence electrons. The Morgan fingerprint density at radius 2 is 2.10 bits per heavy atom. The average molecular weight is 290 g/mol. The van der Waals surface area contributed by atoms with E-state index in [2.05, 4.69) is 35.3 Å². The van der Waals surface area contributed by atoms with Crippen LogP contribution in [0.25, 0.3) is 0 Å². The van der Waals surface area contributed by atoms with Crippen LogP contribution in [0.4, 0.5) is 0 Å². The van der Waals surface area contributed by atoms with Gasteiger partial charge in [-0.15, -0.1) is 0 Å². The van der Waals surface area contributed by atoms with Crippen LogP contribution in [0.3, 0.4) is 0 Å². The van der Waals surface area contributed by atoms with Gasteiger partial charge < -0.3 is 9.80 Å². The molecule has 0 aromatic heterocycles. The molecule has 1 heterocycles. The van der Waals surface area contributed by atoms with Crippen molar-refractivity contribution in [1.82, 2.24) is 15.1 Å². The van der Waals surface area contributed by atoms with Gasteiger partial charge in [-0.1, -0.05) is 0 Å². The maximum absolute atomic E-state index is 9.70. The van der Waals surface area contributed by atoms with Crippen molar-refractivity contribution in [2.24, 2.45) is 0 Å². The Balaban J connectivity index is 1.57. The first-order valence-corrected chi connectivity index (χ1v) is 8.71. The molecule has 3 aliphatic rings. The van der Waals surface area contributed by atoms with E-state index in [4.69, 9.17) is 0 Å². The molecule has 4 nitrogen and oxygen atoms in total. The number of hydrogen-bond acceptors (Lipinski definition) is 4. The predicted molar refractivity (Wildman–Crippen MR) is 85.0 cm³/mol. The number of likely N-dealkylation sites (N-methyl/N-ethyl adjacent to an activating group) is 2. The second-order valence-corrected chi connectivity index (χ2v) is 7.58. The fraction of sp³-hybridized carbons (Fsp3) is 0.941. The Morgan fingerprint density at radius 3 is 2.71 bits per heavy atom. The molecular formula is C17H30N4. The van der Waals surface area contributed by atoms with Crippen molar-refractivity contribution in [3.05, 3.63) is 0 Å². The summed E-state index contributed by atoms with van der Waals surface area (Å²) >= 11 is 0. The highest BCUT2D eigenvalue weighted by Crippen LogP contribution is 2.34. The first kappa shape index (κ1) is 15.3. The summed E-state index contributed by atoms with van der Waals surface area (Å²) < 4.78 is 0. The molecule has 1 saturated heterocycles. The lowest BCUT2D eigenvalue weighted by Crippen LogP contribution is -2.54. The molecule has 2 saturated carbocycles. The monoisotopic (exact) mass is 290 g/mol. The molecule has 2 aliphatic carbocycles. The summed E-state index contributed by atoms with van der Waals surface area (Å²) in [5.74, 6) is 0. The van der Waals surface area contributed by atoms with Gasteiger partial charge in [-0.3, -0.25) is 5.32 Å². The van der Waals surface area contributed by atoms with E-state index >= 15 is 0 Å². The first-order chi connectivity index (χ1) is 10.1. The van der Waals surface area contributed by atoms with E-state index in [0.717, 1.165) is 19.4 Å². The summed E-state index contributed by atoms with van der Waals surface area (Å²) in [5, 5.41) is 13.3. The van der Waals surface area contributed by atoms with E-state index in [9.17, 15) is 5.26 Å². The largest absolute Gasteiger partial charge is 0.302 e. The third-order valence-electron chi connectivity index (χ3n) is 5.79. The standard InChI is InChI=1S/C17H30N4/c1-20-10-4-6-16(20)12-21(2)15-5-3-9-17(11-15,13-18)19-14-7-8-14/h14-16,19H,3-12H2,1-2H3. The van der Waals surface area contributed by atoms with Crippen molar-refractivity contribution in [2.75, 3.05) is 27.2 Å². The average Bonchev–Trinajstić information content (AvgIpc) is 3.21. The highest BCUT2D eigenvalue weighted by molar-refractivity contribution is 5.13. The predicted octanol–water partition coefficient (Wildman–Crippen LogP) is 1.97. The molecule has 3 rings (SSSR count). The minimum Gasteiger partial charge on any atom is -0.302 e. The summed E-state index contributed by atoms with van der Waals surface area (Å²) in [7, 11) is 4.52. The fourth-order valence-corrected chi connectivity index (χ4v) is 4.20. The van der Waals surface area contributed by atoms with Gasteiger partial charge in [-0.25, -0.2) is 0 Å². The van der Waals surface area contributed by atoms with Gasteiger partial charge in [0.25, 0.3) is 0 Å². The highest BCUT2D eigenvalue weighted by atomic mass is 15.2. The third-order valence-corrected chi connectivity index (χ3v) is 5.79. The normalized spacial score (nSPS) is 37.8. The van der Waals surface area contributed by atoms with Gasteiger partial charge in [0, 0.05) is 24.7 Å². The van der Waals surface area contributed by atoms with Gasteiger partial charge >= 0.3 is 0 Å². The van der Waals surface area contributed by atoms with Crippen molar-refractivity contribution in [1.29, 1.82) is 5.26 Å². The Kier molecular flexibility index (Phi) is 4.54. The zero-order valence-corrected chi connectivity index (χ0v) is 13.6. The molecule has 0 aromatic rings. The lowest BCUT2D eigenvalue weighted by Gasteiger charge is -2.41. The summed E-state index contributed by atoms with van der Waals surface area (Å²) in [6, 6.07) is 4.53. The Hall–Kier alpha value is -0.630. The molecule has 0 aromatic carbocycles. The molecule has 3 fully saturated rings. The van der Waals surface area contributed by atoms with Crippen molar-refractivity contribution in [3.8, 4) is 6.07 Å². The van der Waals surface area contributed by atoms with E-state index in [1.165, 1.54) is 45.1 Å². The van der Waals surface area contributed by atoms with Gasteiger partial charge in [0.2, 0.25) is 0 Å². The fourth-order valence-electron chi connectivity index (χ4n) is 4.20. The lowest BCUT2D eigenvalue weighted by atomic mass is 9.79. The van der Waals surface area contributed by atoms with Crippen LogP contribution in [-0.2, 0) is 0 Å². The Bertz CT molecular complexity index is 400. The number of nitrogens with zero attached hydrogens (tertiary/aromatic N) is 3. The van der Waals surface area contributed by atoms with Gasteiger partial charge in [0.05, 0.1) is 6.07 Å². The summed E-state index contributed by atoms with van der Waals surface area (Å²) in [6.07, 6.45) is 9.67. The van der Waals surface area contributed by atoms with E-state index in [-0.39, 0.29) is 5.54 Å². The summed E-state index contributed by atoms with van der Waals surface area (Å²) in [4.78, 5) is 5.03. The molecule has 3 atom stereocenters. The lowest BCUT2D eigenvalue weighted by molar-refractivity contribution is 0.117. The molecule has 1 aliphatic heterocycles. The van der Waals surface area contributed by atoms with Crippen LogP contribution in [-0.4, -0.2) is 60.6 Å². The van der Waals surface area contributed by atoms with Gasteiger partial charge in [-0.2, -0.15) is 5.26 Å². The van der Waals surface area contributed by atoms with Gasteiger partial charge in [0.15, 0.2) is 0 Å². The molecule has 0 radical (unpaired) electrons. The van der Waals surface area contributed by atoms with Crippen LogP contribution in [0.15, 0.2) is 0 Å². The Morgan fingerprint density at radius 1 is 1.29 bits per heavy atom. The van der Waals surface area contributed by atoms with E-state index in [0.29, 0.717) is 18.1 Å². The maximum Gasteiger partial charge on any atom is 0.108 e. The van der Waals surface area contributed by atoms with Crippen LogP contribution < -0.4 is 5.32 Å². The molecule has 1 N–H and O–H groups in total. The minimum atomic E-state index is -0.250. The molecule has 0 spiro atoms. The molecule has 21 heavy (non-hydrogen) atoms. The quantitative estimate of drug-likeness (QED) is 0.840. The van der Waals surface area contributed by atoms with Crippen LogP contribution >= 0.6 is 0 Å². The zero-order chi connectivity index (χ0) is 14.9. The summed E-state index contributed by atoms with van der Waals surface area (Å²) in [5.41, 5.74) is -0.250. The van der Waals surface area contributed by atoms with Crippen molar-refractivity contribution >= 4 is 0 Å². The van der Waals surface area contributed by atoms with Crippen molar-refractivity contribution < 1.29 is 0 Å². The van der Waals surface area contributed by atoms with Gasteiger partial charge in [-0.05, 0) is 72.0 Å². The first-order valence-electron chi connectivity index (χ1n) is 8.71. The Labute approximate surface area is 129 Å². The second kappa shape index (κ2) is 6.24. The van der Waals surface area contributed by atoms with Crippen molar-refractivity contribution in [2.45, 2.75) is 75.0 Å². The number of nitrogens with one attached hydrogen (secondary N) is 1. The van der Waals surface area contributed by atoms with Gasteiger partial charge in [0.1, 0.15) is 5.54 Å². The van der Waals surface area contributed by atoms with E-state index in [1.807, 2.05) is 0 Å². The van der Waals surface area contributed by atoms with Crippen LogP contribution in [0.1, 0.15) is 51.4 Å². The number of rotatable bonds is 5. The number of hydrogen-bond donors (Lipinski definition) is 1. The van der Waals surface area contributed by atoms with Crippen LogP contribution in [0, 0.1) is 11.3 Å². The minimum absolute atomic E-state index is 0.250. The maximum atomic E-state index is 9.70. The van der Waals surface area contributed by atoms with Crippen LogP contribution in [0.5, 0.6) is 0 Å². The zero-order valence-electron chi connectivity index (χ0n) is 13.6. The number of likely N-dealkylation sites (tertiary alicyclic amines) is 1. The van der Waals surface area contributed by atoms with Crippen LogP contribution in [0.2, 0.25) is 0 Å². The number of nitriles is 1. The highest BCUT2D eigenvalue weighted by Gasteiger charge is 2.41.